The average molecular weight is 225 g/mol. The second kappa shape index (κ2) is 4.50. The Labute approximate surface area is 94.9 Å². The summed E-state index contributed by atoms with van der Waals surface area (Å²) in [6.07, 6.45) is 1.53. The minimum Gasteiger partial charge on any atom is -0.316 e. The molecule has 2 rings (SSSR count). The third kappa shape index (κ3) is 2.59. The van der Waals surface area contributed by atoms with Gasteiger partial charge < -0.3 is 5.32 Å². The van der Waals surface area contributed by atoms with E-state index < -0.39 is 5.67 Å². The predicted molar refractivity (Wildman–Crippen MR) is 60.5 cm³/mol. The predicted octanol–water partition coefficient (Wildman–Crippen LogP) is 3.01. The van der Waals surface area contributed by atoms with Gasteiger partial charge in [0.2, 0.25) is 0 Å². The summed E-state index contributed by atoms with van der Waals surface area (Å²) in [5.74, 6) is 0.0714. The molecule has 3 heteroatoms. The summed E-state index contributed by atoms with van der Waals surface area (Å²) in [7, 11) is 0. The van der Waals surface area contributed by atoms with E-state index >= 15 is 0 Å². The maximum Gasteiger partial charge on any atom is 0.133 e. The molecule has 1 nitrogen and oxygen atoms in total. The Morgan fingerprint density at radius 1 is 1.38 bits per heavy atom. The number of nitrogens with one attached hydrogen (secondary N) is 1. The number of rotatable bonds is 3. The number of alkyl halides is 1. The van der Waals surface area contributed by atoms with Crippen LogP contribution in [0.2, 0.25) is 0 Å². The van der Waals surface area contributed by atoms with Crippen molar-refractivity contribution in [2.45, 2.75) is 25.4 Å². The molecule has 1 saturated heterocycles. The zero-order valence-corrected chi connectivity index (χ0v) is 9.47. The molecular formula is C13H17F2N. The van der Waals surface area contributed by atoms with E-state index in [1.165, 1.54) is 24.3 Å². The monoisotopic (exact) mass is 225 g/mol. The lowest BCUT2D eigenvalue weighted by atomic mass is 9.87. The quantitative estimate of drug-likeness (QED) is 0.833. The third-order valence-electron chi connectivity index (χ3n) is 3.28. The fourth-order valence-corrected chi connectivity index (χ4v) is 2.35. The maximum atomic E-state index is 14.5. The summed E-state index contributed by atoms with van der Waals surface area (Å²) >= 11 is 0. The zero-order valence-electron chi connectivity index (χ0n) is 9.47. The van der Waals surface area contributed by atoms with Crippen molar-refractivity contribution in [3.63, 3.8) is 0 Å². The molecule has 2 unspecified atom stereocenters. The number of benzene rings is 1. The molecule has 0 bridgehead atoms. The standard InChI is InChI=1S/C13H17F2N/c1-13(15,8-10-6-7-16-9-10)11-2-4-12(14)5-3-11/h2-5,10,16H,6-9H2,1H3. The van der Waals surface area contributed by atoms with Crippen LogP contribution in [-0.2, 0) is 5.67 Å². The van der Waals surface area contributed by atoms with Crippen molar-refractivity contribution in [3.8, 4) is 0 Å². The van der Waals surface area contributed by atoms with Gasteiger partial charge in [-0.3, -0.25) is 0 Å². The van der Waals surface area contributed by atoms with Gasteiger partial charge in [-0.2, -0.15) is 0 Å². The highest BCUT2D eigenvalue weighted by molar-refractivity contribution is 5.22. The van der Waals surface area contributed by atoms with Crippen LogP contribution < -0.4 is 5.32 Å². The molecule has 0 saturated carbocycles. The van der Waals surface area contributed by atoms with Gasteiger partial charge in [-0.1, -0.05) is 12.1 Å². The van der Waals surface area contributed by atoms with Gasteiger partial charge in [-0.25, -0.2) is 8.78 Å². The Morgan fingerprint density at radius 2 is 2.06 bits per heavy atom. The smallest absolute Gasteiger partial charge is 0.133 e. The van der Waals surface area contributed by atoms with E-state index in [4.69, 9.17) is 0 Å². The van der Waals surface area contributed by atoms with Gasteiger partial charge in [0.05, 0.1) is 0 Å². The number of hydrogen-bond donors (Lipinski definition) is 1. The van der Waals surface area contributed by atoms with Crippen LogP contribution in [0.1, 0.15) is 25.3 Å². The molecule has 2 atom stereocenters. The Kier molecular flexibility index (Phi) is 3.24. The lowest BCUT2D eigenvalue weighted by molar-refractivity contribution is 0.150. The molecule has 0 aliphatic carbocycles. The first-order valence-corrected chi connectivity index (χ1v) is 5.73. The molecule has 1 aromatic carbocycles. The Bertz CT molecular complexity index is 339. The first kappa shape index (κ1) is 11.5. The lowest BCUT2D eigenvalue weighted by Gasteiger charge is -2.24. The summed E-state index contributed by atoms with van der Waals surface area (Å²) in [5, 5.41) is 3.23. The van der Waals surface area contributed by atoms with E-state index in [-0.39, 0.29) is 5.82 Å². The van der Waals surface area contributed by atoms with Crippen LogP contribution in [-0.4, -0.2) is 13.1 Å². The van der Waals surface area contributed by atoms with Crippen LogP contribution >= 0.6 is 0 Å². The van der Waals surface area contributed by atoms with Crippen LogP contribution in [0.4, 0.5) is 8.78 Å². The van der Waals surface area contributed by atoms with Crippen molar-refractivity contribution in [1.82, 2.24) is 5.32 Å². The fourth-order valence-electron chi connectivity index (χ4n) is 2.35. The number of hydrogen-bond acceptors (Lipinski definition) is 1. The van der Waals surface area contributed by atoms with Crippen molar-refractivity contribution >= 4 is 0 Å². The second-order valence-electron chi connectivity index (χ2n) is 4.77. The first-order valence-electron chi connectivity index (χ1n) is 5.73. The number of halogens is 2. The first-order chi connectivity index (χ1) is 7.58. The Hall–Kier alpha value is -0.960. The molecule has 88 valence electrons. The molecular weight excluding hydrogens is 208 g/mol. The van der Waals surface area contributed by atoms with Crippen LogP contribution in [0.25, 0.3) is 0 Å². The summed E-state index contributed by atoms with van der Waals surface area (Å²) in [6, 6.07) is 5.72. The molecule has 0 aromatic heterocycles. The van der Waals surface area contributed by atoms with Crippen LogP contribution in [0.5, 0.6) is 0 Å². The molecule has 1 fully saturated rings. The molecule has 16 heavy (non-hydrogen) atoms. The summed E-state index contributed by atoms with van der Waals surface area (Å²) < 4.78 is 27.2. The Balaban J connectivity index is 2.07. The van der Waals surface area contributed by atoms with Gasteiger partial charge in [-0.05, 0) is 56.5 Å². The van der Waals surface area contributed by atoms with Gasteiger partial charge in [-0.15, -0.1) is 0 Å². The van der Waals surface area contributed by atoms with E-state index in [1.807, 2.05) is 0 Å². The fraction of sp³-hybridized carbons (Fsp3) is 0.538. The van der Waals surface area contributed by atoms with E-state index in [0.717, 1.165) is 19.5 Å². The second-order valence-corrected chi connectivity index (χ2v) is 4.77. The summed E-state index contributed by atoms with van der Waals surface area (Å²) in [4.78, 5) is 0. The zero-order chi connectivity index (χ0) is 11.6. The van der Waals surface area contributed by atoms with Crippen LogP contribution in [0, 0.1) is 11.7 Å². The third-order valence-corrected chi connectivity index (χ3v) is 3.28. The van der Waals surface area contributed by atoms with Crippen molar-refractivity contribution in [1.29, 1.82) is 0 Å². The molecule has 0 amide bonds. The maximum absolute atomic E-state index is 14.5. The van der Waals surface area contributed by atoms with Gasteiger partial charge in [0.25, 0.3) is 0 Å². The Morgan fingerprint density at radius 3 is 2.62 bits per heavy atom. The van der Waals surface area contributed by atoms with Gasteiger partial charge >= 0.3 is 0 Å². The van der Waals surface area contributed by atoms with E-state index in [1.54, 1.807) is 6.92 Å². The average Bonchev–Trinajstić information content (AvgIpc) is 2.70. The van der Waals surface area contributed by atoms with Crippen molar-refractivity contribution in [2.24, 2.45) is 5.92 Å². The summed E-state index contributed by atoms with van der Waals surface area (Å²) in [5.41, 5.74) is -0.787. The molecule has 1 aliphatic rings. The minimum atomic E-state index is -1.36. The minimum absolute atomic E-state index is 0.318. The highest BCUT2D eigenvalue weighted by atomic mass is 19.1. The van der Waals surface area contributed by atoms with Gasteiger partial charge in [0.1, 0.15) is 11.5 Å². The molecule has 1 N–H and O–H groups in total. The largest absolute Gasteiger partial charge is 0.316 e. The highest BCUT2D eigenvalue weighted by Gasteiger charge is 2.30. The summed E-state index contributed by atoms with van der Waals surface area (Å²) in [6.45, 7) is 3.45. The molecule has 0 radical (unpaired) electrons. The SMILES string of the molecule is CC(F)(CC1CCNC1)c1ccc(F)cc1. The normalized spacial score (nSPS) is 24.3. The van der Waals surface area contributed by atoms with Crippen molar-refractivity contribution < 1.29 is 8.78 Å². The molecule has 1 aliphatic heterocycles. The highest BCUT2D eigenvalue weighted by Crippen LogP contribution is 2.34. The molecule has 1 aromatic rings. The van der Waals surface area contributed by atoms with E-state index in [9.17, 15) is 8.78 Å². The van der Waals surface area contributed by atoms with Crippen LogP contribution in [0.3, 0.4) is 0 Å². The van der Waals surface area contributed by atoms with E-state index in [0.29, 0.717) is 17.9 Å². The molecule has 1 heterocycles. The molecule has 0 spiro atoms. The van der Waals surface area contributed by atoms with E-state index in [2.05, 4.69) is 5.32 Å². The van der Waals surface area contributed by atoms with Crippen molar-refractivity contribution in [2.75, 3.05) is 13.1 Å². The van der Waals surface area contributed by atoms with Gasteiger partial charge in [0, 0.05) is 0 Å². The van der Waals surface area contributed by atoms with Gasteiger partial charge in [0.15, 0.2) is 0 Å². The lowest BCUT2D eigenvalue weighted by Crippen LogP contribution is -2.21. The topological polar surface area (TPSA) is 12.0 Å². The van der Waals surface area contributed by atoms with Crippen molar-refractivity contribution in [3.05, 3.63) is 35.6 Å². The van der Waals surface area contributed by atoms with Crippen LogP contribution in [0.15, 0.2) is 24.3 Å².